The van der Waals surface area contributed by atoms with Crippen molar-refractivity contribution < 1.29 is 100 Å². The van der Waals surface area contributed by atoms with Crippen LogP contribution < -0.4 is 21.3 Å². The lowest BCUT2D eigenvalue weighted by atomic mass is 9.92. The van der Waals surface area contributed by atoms with Crippen molar-refractivity contribution in [3.05, 3.63) is 120 Å². The number of ketones is 4. The molecule has 12 rings (SSSR count). The molecule has 4 aromatic carbocycles. The maximum Gasteiger partial charge on any atom is 0.225 e. The Hall–Kier alpha value is -11.6. The van der Waals surface area contributed by atoms with Gasteiger partial charge in [0, 0.05) is 119 Å². The summed E-state index contributed by atoms with van der Waals surface area (Å²) in [5, 5.41) is 26.3. The molecule has 0 saturated heterocycles. The zero-order chi connectivity index (χ0) is 98.5. The standard InChI is InChI=1S/C102H134N16O21/c1-10-45-115-81(60-128-13-4)107-89-93(115)73-33-17-21-37-77(73)103-97(89)111-85(123)41-25-29-69(119)56-132-48-52-136-65-102(66-137-53-49-133-57-70(120)30-26-42-86(124)112-98-90-94(74-34-18-22-38-78(74)104-98)116(46-11-2)82(108-90)61-129-14-5,67-138-54-50-134-58-71(121)31-27-43-87(125)113-99-91-95(75-35-19-23-39-79(75)105-99)117(47-12-3)83(109-91)62-130-15-6)68-139-55-51-135-59-72(122)32-28-44-88(126)114-100-92-96(76-36-20-24-40-80(76)106-100)118(64-101(8,9)127)84(110-92)63-131-16-7/h17-24,33-40,127H,10-16,25-32,41-68H2,1-9H3,(H,103,111,123)(H,104,112,124)(H,105,113,125)(H,106,114,126). The highest BCUT2D eigenvalue weighted by Gasteiger charge is 2.34. The Balaban J connectivity index is 0.662. The maximum absolute atomic E-state index is 13.7. The number of Topliss-reactive ketones (excluding diaryl/α,β-unsaturated/α-hetero) is 4. The Kier molecular flexibility index (Phi) is 41.5. The normalized spacial score (nSPS) is 12.0. The first-order valence-corrected chi connectivity index (χ1v) is 48.6. The maximum atomic E-state index is 13.7. The minimum Gasteiger partial charge on any atom is -0.389 e. The lowest BCUT2D eigenvalue weighted by molar-refractivity contribution is -0.131. The third-order valence-electron chi connectivity index (χ3n) is 22.9. The Labute approximate surface area is 808 Å². The van der Waals surface area contributed by atoms with Crippen molar-refractivity contribution in [3.63, 3.8) is 0 Å². The van der Waals surface area contributed by atoms with Gasteiger partial charge in [-0.05, 0) is 111 Å². The molecule has 5 N–H and O–H groups in total. The van der Waals surface area contributed by atoms with Crippen LogP contribution in [0.2, 0.25) is 0 Å². The molecule has 748 valence electrons. The first-order chi connectivity index (χ1) is 67.6. The fourth-order valence-electron chi connectivity index (χ4n) is 16.5. The molecule has 0 atom stereocenters. The van der Waals surface area contributed by atoms with Crippen LogP contribution in [0, 0.1) is 5.41 Å². The molecule has 8 aromatic heterocycles. The van der Waals surface area contributed by atoms with E-state index < -0.39 is 11.0 Å². The molecule has 0 aliphatic rings. The SMILES string of the molecule is CCCn1c(COCC)nc2c(NC(=O)CCCC(=O)COCCOCC(COCCOCC(=O)CCCC(=O)Nc3nc4ccccc4c4c3nc(COCC)n4CCC)(COCCOCC(=O)CCCC(=O)Nc3nc4ccccc4c4c3nc(COCC)n4CCC)COCCOCC(=O)CCCC(=O)Nc3nc4ccccc4c4c3nc(COCC)n4CC(C)(C)O)nc3ccccc3c21. The number of rotatable bonds is 68. The number of imidazole rings is 4. The van der Waals surface area contributed by atoms with E-state index in [9.17, 15) is 43.5 Å². The van der Waals surface area contributed by atoms with E-state index in [1.165, 1.54) is 0 Å². The summed E-state index contributed by atoms with van der Waals surface area (Å²) in [5.41, 5.74) is 5.83. The van der Waals surface area contributed by atoms with Crippen LogP contribution in [-0.4, -0.2) is 248 Å². The zero-order valence-electron chi connectivity index (χ0n) is 81.6. The second kappa shape index (κ2) is 54.3. The predicted octanol–water partition coefficient (Wildman–Crippen LogP) is 14.4. The van der Waals surface area contributed by atoms with Crippen LogP contribution >= 0.6 is 0 Å². The number of pyridine rings is 4. The summed E-state index contributed by atoms with van der Waals surface area (Å²) in [6, 6.07) is 30.6. The Morgan fingerprint density at radius 2 is 0.532 bits per heavy atom. The average molecular weight is 1920 g/mol. The number of nitrogens with zero attached hydrogens (tertiary/aromatic N) is 12. The molecule has 0 spiro atoms. The molecule has 37 nitrogen and oxygen atoms in total. The summed E-state index contributed by atoms with van der Waals surface area (Å²) in [5.74, 6) is 1.66. The number of carbonyl (C=O) groups excluding carboxylic acids is 8. The smallest absolute Gasteiger partial charge is 0.225 e. The van der Waals surface area contributed by atoms with Crippen LogP contribution in [0.15, 0.2) is 97.1 Å². The number of aliphatic hydroxyl groups is 1. The van der Waals surface area contributed by atoms with E-state index in [1.807, 2.05) is 129 Å². The number of aryl methyl sites for hydroxylation is 3. The highest BCUT2D eigenvalue weighted by molar-refractivity contribution is 6.13. The summed E-state index contributed by atoms with van der Waals surface area (Å²) in [6.07, 6.45) is 3.73. The first kappa shape index (κ1) is 106. The van der Waals surface area contributed by atoms with E-state index in [1.54, 1.807) is 13.8 Å². The minimum atomic E-state index is -1.12. The van der Waals surface area contributed by atoms with Crippen molar-refractivity contribution >= 4 is 158 Å². The Bertz CT molecular complexity index is 5710. The molecule has 0 fully saturated rings. The van der Waals surface area contributed by atoms with Crippen molar-refractivity contribution in [2.45, 2.75) is 217 Å². The summed E-state index contributed by atoms with van der Waals surface area (Å²) in [6.45, 7) is 21.3. The second-order valence-corrected chi connectivity index (χ2v) is 34.9. The summed E-state index contributed by atoms with van der Waals surface area (Å²) in [4.78, 5) is 147. The van der Waals surface area contributed by atoms with Gasteiger partial charge in [0.25, 0.3) is 0 Å². The van der Waals surface area contributed by atoms with E-state index in [-0.39, 0.29) is 248 Å². The molecular weight excluding hydrogens is 1790 g/mol. The van der Waals surface area contributed by atoms with E-state index >= 15 is 0 Å². The monoisotopic (exact) mass is 1920 g/mol. The van der Waals surface area contributed by atoms with Gasteiger partial charge in [0.1, 0.15) is 98.2 Å². The molecular formula is C102H134N16O21. The third kappa shape index (κ3) is 30.2. The number of ether oxygens (including phenoxy) is 12. The number of aromatic nitrogens is 12. The molecule has 0 saturated carbocycles. The summed E-state index contributed by atoms with van der Waals surface area (Å²) < 4.78 is 80.1. The van der Waals surface area contributed by atoms with Crippen LogP contribution in [0.25, 0.3) is 87.7 Å². The molecule has 8 heterocycles. The van der Waals surface area contributed by atoms with Gasteiger partial charge in [0.05, 0.1) is 141 Å². The van der Waals surface area contributed by atoms with Gasteiger partial charge in [-0.1, -0.05) is 93.6 Å². The molecule has 0 aliphatic carbocycles. The molecule has 0 radical (unpaired) electrons. The van der Waals surface area contributed by atoms with Crippen molar-refractivity contribution in [1.82, 2.24) is 58.1 Å². The number of anilines is 4. The number of hydrogen-bond donors (Lipinski definition) is 5. The van der Waals surface area contributed by atoms with E-state index in [4.69, 9.17) is 96.7 Å². The summed E-state index contributed by atoms with van der Waals surface area (Å²) in [7, 11) is 0. The fraction of sp³-hybridized carbons (Fsp3) is 0.529. The lowest BCUT2D eigenvalue weighted by Crippen LogP contribution is -2.43. The van der Waals surface area contributed by atoms with Crippen molar-refractivity contribution in [1.29, 1.82) is 0 Å². The first-order valence-electron chi connectivity index (χ1n) is 48.6. The van der Waals surface area contributed by atoms with E-state index in [2.05, 4.69) is 55.7 Å². The van der Waals surface area contributed by atoms with Crippen molar-refractivity contribution in [2.75, 3.05) is 153 Å². The fourth-order valence-corrected chi connectivity index (χ4v) is 16.5. The number of nitrogens with one attached hydrogen (secondary N) is 4. The largest absolute Gasteiger partial charge is 0.389 e. The van der Waals surface area contributed by atoms with Gasteiger partial charge in [-0.25, -0.2) is 39.9 Å². The highest BCUT2D eigenvalue weighted by atomic mass is 16.6. The van der Waals surface area contributed by atoms with E-state index in [0.29, 0.717) is 139 Å². The van der Waals surface area contributed by atoms with Crippen molar-refractivity contribution in [2.24, 2.45) is 5.41 Å². The van der Waals surface area contributed by atoms with Crippen LogP contribution in [-0.2, 0) is 148 Å². The number of para-hydroxylation sites is 4. The number of fused-ring (bicyclic) bond motifs is 12. The van der Waals surface area contributed by atoms with E-state index in [0.717, 1.165) is 74.8 Å². The lowest BCUT2D eigenvalue weighted by Gasteiger charge is -2.33. The van der Waals surface area contributed by atoms with Crippen LogP contribution in [0.4, 0.5) is 23.3 Å². The molecule has 12 aromatic rings. The molecule has 4 amide bonds. The quantitative estimate of drug-likeness (QED) is 0.0221. The van der Waals surface area contributed by atoms with Gasteiger partial charge in [0.15, 0.2) is 46.4 Å². The van der Waals surface area contributed by atoms with Crippen LogP contribution in [0.5, 0.6) is 0 Å². The van der Waals surface area contributed by atoms with Gasteiger partial charge in [-0.3, -0.25) is 38.4 Å². The third-order valence-corrected chi connectivity index (χ3v) is 22.9. The average Bonchev–Trinajstić information content (AvgIpc) is 1.62. The van der Waals surface area contributed by atoms with Gasteiger partial charge in [-0.15, -0.1) is 0 Å². The minimum absolute atomic E-state index is 0.00189. The molecule has 139 heavy (non-hydrogen) atoms. The summed E-state index contributed by atoms with van der Waals surface area (Å²) >= 11 is 0. The predicted molar refractivity (Wildman–Crippen MR) is 528 cm³/mol. The van der Waals surface area contributed by atoms with Gasteiger partial charge < -0.3 is 101 Å². The molecule has 37 heteroatoms. The zero-order valence-corrected chi connectivity index (χ0v) is 81.6. The number of benzene rings is 4. The second-order valence-electron chi connectivity index (χ2n) is 34.9. The Morgan fingerprint density at radius 3 is 0.770 bits per heavy atom. The highest BCUT2D eigenvalue weighted by Crippen LogP contribution is 2.37. The Morgan fingerprint density at radius 1 is 0.302 bits per heavy atom. The molecule has 0 aliphatic heterocycles. The molecule has 0 bridgehead atoms. The topological polar surface area (TPSA) is 439 Å². The number of amides is 4. The van der Waals surface area contributed by atoms with Gasteiger partial charge in [-0.2, -0.15) is 0 Å². The number of hydrogen-bond acceptors (Lipinski definition) is 29. The van der Waals surface area contributed by atoms with Crippen LogP contribution in [0.1, 0.15) is 182 Å². The van der Waals surface area contributed by atoms with Gasteiger partial charge in [0.2, 0.25) is 23.6 Å². The van der Waals surface area contributed by atoms with Crippen LogP contribution in [0.3, 0.4) is 0 Å². The van der Waals surface area contributed by atoms with Gasteiger partial charge >= 0.3 is 0 Å². The number of carbonyl (C=O) groups is 8. The van der Waals surface area contributed by atoms with Crippen molar-refractivity contribution in [3.8, 4) is 0 Å². The molecule has 0 unspecified atom stereocenters.